The zero-order chi connectivity index (χ0) is 15.6. The van der Waals surface area contributed by atoms with Gasteiger partial charge in [0.1, 0.15) is 0 Å². The Hall–Kier alpha value is -1.98. The van der Waals surface area contributed by atoms with E-state index in [-0.39, 0.29) is 11.9 Å². The second kappa shape index (κ2) is 5.79. The molecular formula is C15H21N3O3. The standard InChI is InChI=1S/C15H21N3O3/c1-4-11-10(8-9(2)17-18-11)13(19)16-12-6-5-7-15(12,3)14(20)21/h8,12H,4-7H2,1-3H3,(H,16,19)(H,20,21). The summed E-state index contributed by atoms with van der Waals surface area (Å²) in [5, 5.41) is 20.3. The number of carboxylic acid groups (broad SMARTS) is 1. The molecule has 2 rings (SSSR count). The predicted molar refractivity (Wildman–Crippen MR) is 77.0 cm³/mol. The Morgan fingerprint density at radius 1 is 1.48 bits per heavy atom. The molecule has 0 saturated heterocycles. The van der Waals surface area contributed by atoms with Crippen LogP contribution in [0.3, 0.4) is 0 Å². The van der Waals surface area contributed by atoms with Crippen LogP contribution in [0.2, 0.25) is 0 Å². The highest BCUT2D eigenvalue weighted by atomic mass is 16.4. The number of hydrogen-bond donors (Lipinski definition) is 2. The van der Waals surface area contributed by atoms with E-state index < -0.39 is 11.4 Å². The SMILES string of the molecule is CCc1nnc(C)cc1C(=O)NC1CCCC1(C)C(=O)O. The van der Waals surface area contributed by atoms with Crippen LogP contribution in [0, 0.1) is 12.3 Å². The summed E-state index contributed by atoms with van der Waals surface area (Å²) >= 11 is 0. The van der Waals surface area contributed by atoms with Crippen LogP contribution in [0.15, 0.2) is 6.07 Å². The Morgan fingerprint density at radius 3 is 2.81 bits per heavy atom. The summed E-state index contributed by atoms with van der Waals surface area (Å²) in [7, 11) is 0. The maximum atomic E-state index is 12.5. The van der Waals surface area contributed by atoms with Gasteiger partial charge in [0, 0.05) is 6.04 Å². The number of aromatic nitrogens is 2. The highest BCUT2D eigenvalue weighted by Gasteiger charge is 2.46. The third-order valence-corrected chi connectivity index (χ3v) is 4.32. The average Bonchev–Trinajstić information content (AvgIpc) is 2.81. The summed E-state index contributed by atoms with van der Waals surface area (Å²) in [6.07, 6.45) is 2.69. The van der Waals surface area contributed by atoms with Crippen molar-refractivity contribution in [2.24, 2.45) is 5.41 Å². The molecule has 0 aliphatic heterocycles. The Morgan fingerprint density at radius 2 is 2.19 bits per heavy atom. The van der Waals surface area contributed by atoms with Gasteiger partial charge in [-0.1, -0.05) is 13.3 Å². The zero-order valence-electron chi connectivity index (χ0n) is 12.6. The van der Waals surface area contributed by atoms with Crippen molar-refractivity contribution in [1.82, 2.24) is 15.5 Å². The second-order valence-corrected chi connectivity index (χ2v) is 5.84. The van der Waals surface area contributed by atoms with Gasteiger partial charge in [0.05, 0.1) is 22.4 Å². The number of rotatable bonds is 4. The van der Waals surface area contributed by atoms with Crippen molar-refractivity contribution in [2.75, 3.05) is 0 Å². The van der Waals surface area contributed by atoms with Gasteiger partial charge in [0.15, 0.2) is 0 Å². The van der Waals surface area contributed by atoms with E-state index in [2.05, 4.69) is 15.5 Å². The van der Waals surface area contributed by atoms with Crippen LogP contribution >= 0.6 is 0 Å². The largest absolute Gasteiger partial charge is 0.481 e. The summed E-state index contributed by atoms with van der Waals surface area (Å²) in [5.41, 5.74) is 0.903. The first kappa shape index (κ1) is 15.4. The van der Waals surface area contributed by atoms with Crippen molar-refractivity contribution < 1.29 is 14.7 Å². The second-order valence-electron chi connectivity index (χ2n) is 5.84. The number of carbonyl (C=O) groups is 2. The highest BCUT2D eigenvalue weighted by molar-refractivity contribution is 5.96. The van der Waals surface area contributed by atoms with Crippen molar-refractivity contribution in [1.29, 1.82) is 0 Å². The predicted octanol–water partition coefficient (Wildman–Crippen LogP) is 1.72. The van der Waals surface area contributed by atoms with Crippen molar-refractivity contribution in [3.63, 3.8) is 0 Å². The van der Waals surface area contributed by atoms with Gasteiger partial charge in [0.2, 0.25) is 0 Å². The highest BCUT2D eigenvalue weighted by Crippen LogP contribution is 2.38. The molecule has 0 bridgehead atoms. The van der Waals surface area contributed by atoms with E-state index in [1.807, 2.05) is 6.92 Å². The molecule has 1 aromatic rings. The average molecular weight is 291 g/mol. The quantitative estimate of drug-likeness (QED) is 0.881. The van der Waals surface area contributed by atoms with E-state index >= 15 is 0 Å². The van der Waals surface area contributed by atoms with E-state index in [1.165, 1.54) is 0 Å². The summed E-state index contributed by atoms with van der Waals surface area (Å²) in [5.74, 6) is -1.12. The normalized spacial score (nSPS) is 24.8. The molecule has 6 heteroatoms. The molecule has 1 aliphatic carbocycles. The van der Waals surface area contributed by atoms with E-state index in [9.17, 15) is 14.7 Å². The summed E-state index contributed by atoms with van der Waals surface area (Å²) < 4.78 is 0. The van der Waals surface area contributed by atoms with E-state index in [0.717, 1.165) is 6.42 Å². The topological polar surface area (TPSA) is 92.2 Å². The minimum absolute atomic E-state index is 0.260. The van der Waals surface area contributed by atoms with Crippen LogP contribution in [-0.2, 0) is 11.2 Å². The fourth-order valence-electron chi connectivity index (χ4n) is 2.86. The maximum Gasteiger partial charge on any atom is 0.311 e. The Labute approximate surface area is 124 Å². The number of nitrogens with zero attached hydrogens (tertiary/aromatic N) is 2. The molecule has 1 fully saturated rings. The lowest BCUT2D eigenvalue weighted by molar-refractivity contribution is -0.148. The van der Waals surface area contributed by atoms with Crippen LogP contribution in [0.1, 0.15) is 54.9 Å². The Bertz CT molecular complexity index is 573. The lowest BCUT2D eigenvalue weighted by atomic mass is 9.85. The number of aliphatic carboxylic acids is 1. The van der Waals surface area contributed by atoms with Crippen LogP contribution in [0.25, 0.3) is 0 Å². The molecule has 0 aromatic carbocycles. The zero-order valence-corrected chi connectivity index (χ0v) is 12.6. The molecule has 114 valence electrons. The van der Waals surface area contributed by atoms with E-state index in [0.29, 0.717) is 36.2 Å². The first-order valence-electron chi connectivity index (χ1n) is 7.26. The first-order valence-corrected chi connectivity index (χ1v) is 7.26. The molecule has 2 unspecified atom stereocenters. The molecule has 6 nitrogen and oxygen atoms in total. The van der Waals surface area contributed by atoms with Gasteiger partial charge in [-0.05, 0) is 39.2 Å². The lowest BCUT2D eigenvalue weighted by Crippen LogP contribution is -2.47. The molecule has 0 radical (unpaired) electrons. The number of amides is 1. The number of hydrogen-bond acceptors (Lipinski definition) is 4. The maximum absolute atomic E-state index is 12.5. The van der Waals surface area contributed by atoms with E-state index in [1.54, 1.807) is 19.9 Å². The number of aryl methyl sites for hydroxylation is 2. The fourth-order valence-corrected chi connectivity index (χ4v) is 2.86. The molecule has 2 N–H and O–H groups in total. The number of carbonyl (C=O) groups excluding carboxylic acids is 1. The summed E-state index contributed by atoms with van der Waals surface area (Å²) in [6, 6.07) is 1.36. The van der Waals surface area contributed by atoms with Gasteiger partial charge in [-0.3, -0.25) is 9.59 Å². The Balaban J connectivity index is 2.22. The molecule has 1 amide bonds. The third-order valence-electron chi connectivity index (χ3n) is 4.32. The van der Waals surface area contributed by atoms with Gasteiger partial charge in [-0.25, -0.2) is 0 Å². The minimum atomic E-state index is -0.891. The van der Waals surface area contributed by atoms with Crippen LogP contribution in [-0.4, -0.2) is 33.2 Å². The number of nitrogens with one attached hydrogen (secondary N) is 1. The first-order chi connectivity index (χ1) is 9.88. The van der Waals surface area contributed by atoms with Crippen LogP contribution < -0.4 is 5.32 Å². The van der Waals surface area contributed by atoms with Gasteiger partial charge >= 0.3 is 5.97 Å². The molecule has 0 spiro atoms. The van der Waals surface area contributed by atoms with Crippen molar-refractivity contribution in [2.45, 2.75) is 52.5 Å². The fraction of sp³-hybridized carbons (Fsp3) is 0.600. The van der Waals surface area contributed by atoms with Gasteiger partial charge < -0.3 is 10.4 Å². The third kappa shape index (κ3) is 2.89. The van der Waals surface area contributed by atoms with Crippen LogP contribution in [0.5, 0.6) is 0 Å². The van der Waals surface area contributed by atoms with Gasteiger partial charge in [0.25, 0.3) is 5.91 Å². The smallest absolute Gasteiger partial charge is 0.311 e. The van der Waals surface area contributed by atoms with E-state index in [4.69, 9.17) is 0 Å². The van der Waals surface area contributed by atoms with Gasteiger partial charge in [-0.15, -0.1) is 0 Å². The summed E-state index contributed by atoms with van der Waals surface area (Å²) in [4.78, 5) is 23.9. The molecule has 21 heavy (non-hydrogen) atoms. The van der Waals surface area contributed by atoms with Crippen molar-refractivity contribution >= 4 is 11.9 Å². The lowest BCUT2D eigenvalue weighted by Gasteiger charge is -2.27. The van der Waals surface area contributed by atoms with Crippen molar-refractivity contribution in [3.8, 4) is 0 Å². The Kier molecular flexibility index (Phi) is 4.25. The number of carboxylic acids is 1. The molecule has 1 heterocycles. The molecule has 1 aromatic heterocycles. The monoisotopic (exact) mass is 291 g/mol. The minimum Gasteiger partial charge on any atom is -0.481 e. The molecule has 2 atom stereocenters. The van der Waals surface area contributed by atoms with Crippen molar-refractivity contribution in [3.05, 3.63) is 23.0 Å². The molecule has 1 aliphatic rings. The van der Waals surface area contributed by atoms with Gasteiger partial charge in [-0.2, -0.15) is 10.2 Å². The molecule has 1 saturated carbocycles. The summed E-state index contributed by atoms with van der Waals surface area (Å²) in [6.45, 7) is 5.39. The molecular weight excluding hydrogens is 270 g/mol. The van der Waals surface area contributed by atoms with Crippen LogP contribution in [0.4, 0.5) is 0 Å².